The summed E-state index contributed by atoms with van der Waals surface area (Å²) >= 11 is 0. The quantitative estimate of drug-likeness (QED) is 0.866. The summed E-state index contributed by atoms with van der Waals surface area (Å²) in [6.45, 7) is 5.26. The van der Waals surface area contributed by atoms with Crippen LogP contribution in [-0.4, -0.2) is 20.9 Å². The van der Waals surface area contributed by atoms with Crippen LogP contribution in [0.5, 0.6) is 5.75 Å². The molecule has 128 valence electrons. The number of nitrogens with one attached hydrogen (secondary N) is 1. The van der Waals surface area contributed by atoms with Gasteiger partial charge in [0, 0.05) is 5.69 Å². The Morgan fingerprint density at radius 2 is 1.71 bits per heavy atom. The molecule has 0 heterocycles. The highest BCUT2D eigenvalue weighted by Crippen LogP contribution is 2.22. The summed E-state index contributed by atoms with van der Waals surface area (Å²) in [7, 11) is -3.84. The lowest BCUT2D eigenvalue weighted by molar-refractivity contribution is -0.118. The maximum Gasteiger partial charge on any atom is 0.262 e. The van der Waals surface area contributed by atoms with Crippen molar-refractivity contribution in [2.75, 3.05) is 11.9 Å². The molecule has 0 radical (unpaired) electrons. The van der Waals surface area contributed by atoms with Crippen LogP contribution in [0.15, 0.2) is 41.3 Å². The van der Waals surface area contributed by atoms with Crippen molar-refractivity contribution in [3.05, 3.63) is 53.1 Å². The van der Waals surface area contributed by atoms with Crippen LogP contribution in [0.1, 0.15) is 16.7 Å². The van der Waals surface area contributed by atoms with Crippen LogP contribution in [0, 0.1) is 20.8 Å². The molecule has 0 spiro atoms. The number of hydrogen-bond donors (Lipinski definition) is 2. The molecule has 0 atom stereocenters. The van der Waals surface area contributed by atoms with Gasteiger partial charge in [-0.3, -0.25) is 4.79 Å². The van der Waals surface area contributed by atoms with Crippen molar-refractivity contribution in [3.63, 3.8) is 0 Å². The number of rotatable bonds is 5. The maximum absolute atomic E-state index is 12.0. The van der Waals surface area contributed by atoms with Gasteiger partial charge in [-0.05, 0) is 49.6 Å². The van der Waals surface area contributed by atoms with E-state index in [-0.39, 0.29) is 17.4 Å². The number of sulfonamides is 1. The maximum atomic E-state index is 12.0. The van der Waals surface area contributed by atoms with Crippen LogP contribution in [0.4, 0.5) is 5.69 Å². The van der Waals surface area contributed by atoms with E-state index in [1.54, 1.807) is 19.1 Å². The monoisotopic (exact) mass is 348 g/mol. The van der Waals surface area contributed by atoms with E-state index in [9.17, 15) is 13.2 Å². The van der Waals surface area contributed by atoms with E-state index in [4.69, 9.17) is 9.88 Å². The van der Waals surface area contributed by atoms with Crippen LogP contribution in [0.25, 0.3) is 0 Å². The second-order valence-corrected chi connectivity index (χ2v) is 7.11. The molecule has 2 aromatic carbocycles. The van der Waals surface area contributed by atoms with Crippen molar-refractivity contribution in [1.82, 2.24) is 0 Å². The standard InChI is InChI=1S/C17H20N2O4S/c1-11-7-8-14(9-15(11)24(18,21)22)19-16(20)10-23-17-12(2)5-4-6-13(17)3/h4-9H,10H2,1-3H3,(H,19,20)(H2,18,21,22). The fourth-order valence-corrected chi connectivity index (χ4v) is 3.15. The number of carbonyl (C=O) groups excluding carboxylic acids is 1. The molecular formula is C17H20N2O4S. The number of carbonyl (C=O) groups is 1. The van der Waals surface area contributed by atoms with Crippen LogP contribution < -0.4 is 15.2 Å². The van der Waals surface area contributed by atoms with Crippen LogP contribution in [0.3, 0.4) is 0 Å². The highest BCUT2D eigenvalue weighted by atomic mass is 32.2. The summed E-state index contributed by atoms with van der Waals surface area (Å²) < 4.78 is 28.6. The lowest BCUT2D eigenvalue weighted by atomic mass is 10.1. The molecule has 3 N–H and O–H groups in total. The Hall–Kier alpha value is -2.38. The van der Waals surface area contributed by atoms with Crippen LogP contribution in [0.2, 0.25) is 0 Å². The molecule has 0 aliphatic rings. The number of hydrogen-bond acceptors (Lipinski definition) is 4. The number of primary sulfonamides is 1. The summed E-state index contributed by atoms with van der Waals surface area (Å²) in [6.07, 6.45) is 0. The Balaban J connectivity index is 2.08. The second-order valence-electron chi connectivity index (χ2n) is 5.58. The number of ether oxygens (including phenoxy) is 1. The SMILES string of the molecule is Cc1ccc(NC(=O)COc2c(C)cccc2C)cc1S(N)(=O)=O. The van der Waals surface area contributed by atoms with Crippen molar-refractivity contribution in [1.29, 1.82) is 0 Å². The van der Waals surface area contributed by atoms with Gasteiger partial charge in [-0.2, -0.15) is 0 Å². The molecule has 24 heavy (non-hydrogen) atoms. The van der Waals surface area contributed by atoms with E-state index >= 15 is 0 Å². The van der Waals surface area contributed by atoms with E-state index in [2.05, 4.69) is 5.32 Å². The number of benzene rings is 2. The van der Waals surface area contributed by atoms with E-state index in [0.29, 0.717) is 17.0 Å². The van der Waals surface area contributed by atoms with Gasteiger partial charge in [-0.25, -0.2) is 13.6 Å². The molecule has 0 fully saturated rings. The van der Waals surface area contributed by atoms with Crippen molar-refractivity contribution in [2.24, 2.45) is 5.14 Å². The number of anilines is 1. The summed E-state index contributed by atoms with van der Waals surface area (Å²) in [5.74, 6) is 0.281. The fraction of sp³-hybridized carbons (Fsp3) is 0.235. The first-order chi connectivity index (χ1) is 11.2. The molecule has 2 aromatic rings. The zero-order chi connectivity index (χ0) is 17.9. The van der Waals surface area contributed by atoms with E-state index in [1.807, 2.05) is 32.0 Å². The Morgan fingerprint density at radius 3 is 2.29 bits per heavy atom. The summed E-state index contributed by atoms with van der Waals surface area (Å²) in [6, 6.07) is 10.3. The molecule has 1 amide bonds. The molecule has 0 unspecified atom stereocenters. The molecule has 6 nitrogen and oxygen atoms in total. The van der Waals surface area contributed by atoms with Gasteiger partial charge in [0.15, 0.2) is 6.61 Å². The summed E-state index contributed by atoms with van der Waals surface area (Å²) in [5.41, 5.74) is 2.74. The first-order valence-corrected chi connectivity index (χ1v) is 8.85. The van der Waals surface area contributed by atoms with Gasteiger partial charge in [-0.1, -0.05) is 24.3 Å². The van der Waals surface area contributed by atoms with E-state index in [1.165, 1.54) is 6.07 Å². The Morgan fingerprint density at radius 1 is 1.08 bits per heavy atom. The van der Waals surface area contributed by atoms with Gasteiger partial charge in [-0.15, -0.1) is 0 Å². The lowest BCUT2D eigenvalue weighted by Crippen LogP contribution is -2.21. The number of aryl methyl sites for hydroxylation is 3. The predicted molar refractivity (Wildman–Crippen MR) is 92.6 cm³/mol. The Labute approximate surface area is 141 Å². The highest BCUT2D eigenvalue weighted by Gasteiger charge is 2.13. The van der Waals surface area contributed by atoms with Crippen LogP contribution in [-0.2, 0) is 14.8 Å². The van der Waals surface area contributed by atoms with Crippen molar-refractivity contribution >= 4 is 21.6 Å². The molecule has 2 rings (SSSR count). The number of amides is 1. The van der Waals surface area contributed by atoms with E-state index < -0.39 is 10.0 Å². The van der Waals surface area contributed by atoms with Gasteiger partial charge in [0.2, 0.25) is 10.0 Å². The smallest absolute Gasteiger partial charge is 0.262 e. The fourth-order valence-electron chi connectivity index (χ4n) is 2.35. The molecule has 0 bridgehead atoms. The zero-order valence-corrected chi connectivity index (χ0v) is 14.6. The molecule has 0 aromatic heterocycles. The third-order valence-electron chi connectivity index (χ3n) is 3.53. The van der Waals surface area contributed by atoms with Gasteiger partial charge in [0.05, 0.1) is 4.90 Å². The first kappa shape index (κ1) is 18.0. The van der Waals surface area contributed by atoms with E-state index in [0.717, 1.165) is 11.1 Å². The minimum absolute atomic E-state index is 0.0176. The molecule has 7 heteroatoms. The largest absolute Gasteiger partial charge is 0.483 e. The highest BCUT2D eigenvalue weighted by molar-refractivity contribution is 7.89. The second kappa shape index (κ2) is 7.02. The zero-order valence-electron chi connectivity index (χ0n) is 13.8. The van der Waals surface area contributed by atoms with Crippen molar-refractivity contribution in [2.45, 2.75) is 25.7 Å². The summed E-state index contributed by atoms with van der Waals surface area (Å²) in [4.78, 5) is 12.0. The molecule has 0 aliphatic heterocycles. The average Bonchev–Trinajstić information content (AvgIpc) is 2.47. The number of nitrogens with two attached hydrogens (primary N) is 1. The van der Waals surface area contributed by atoms with Gasteiger partial charge in [0.25, 0.3) is 5.91 Å². The van der Waals surface area contributed by atoms with Gasteiger partial charge >= 0.3 is 0 Å². The molecular weight excluding hydrogens is 328 g/mol. The number of para-hydroxylation sites is 1. The van der Waals surface area contributed by atoms with Gasteiger partial charge < -0.3 is 10.1 Å². The van der Waals surface area contributed by atoms with Gasteiger partial charge in [0.1, 0.15) is 5.75 Å². The Bertz CT molecular complexity index is 856. The topological polar surface area (TPSA) is 98.5 Å². The minimum atomic E-state index is -3.84. The lowest BCUT2D eigenvalue weighted by Gasteiger charge is -2.12. The molecule has 0 saturated carbocycles. The first-order valence-electron chi connectivity index (χ1n) is 7.31. The van der Waals surface area contributed by atoms with Crippen molar-refractivity contribution in [3.8, 4) is 5.75 Å². The third kappa shape index (κ3) is 4.33. The predicted octanol–water partition coefficient (Wildman–Crippen LogP) is 2.28. The summed E-state index contributed by atoms with van der Waals surface area (Å²) in [5, 5.41) is 7.77. The molecule has 0 aliphatic carbocycles. The molecule has 0 saturated heterocycles. The van der Waals surface area contributed by atoms with Crippen LogP contribution >= 0.6 is 0 Å². The Kier molecular flexibility index (Phi) is 5.26. The third-order valence-corrected chi connectivity index (χ3v) is 4.59. The normalized spacial score (nSPS) is 11.2. The average molecular weight is 348 g/mol. The minimum Gasteiger partial charge on any atom is -0.483 e. The van der Waals surface area contributed by atoms with Crippen molar-refractivity contribution < 1.29 is 17.9 Å².